The Morgan fingerprint density at radius 1 is 0.966 bits per heavy atom. The number of methoxy groups -OCH3 is 4. The van der Waals surface area contributed by atoms with Gasteiger partial charge in [0.15, 0.2) is 23.0 Å². The highest BCUT2D eigenvalue weighted by Crippen LogP contribution is 2.35. The van der Waals surface area contributed by atoms with Crippen LogP contribution in [-0.2, 0) is 4.79 Å². The maximum Gasteiger partial charge on any atom is 0.248 e. The van der Waals surface area contributed by atoms with Crippen molar-refractivity contribution >= 4 is 34.4 Å². The Hall–Kier alpha value is -3.88. The Labute approximate surface area is 167 Å². The molecule has 152 valence electrons. The molecule has 0 fully saturated rings. The zero-order chi connectivity index (χ0) is 21.0. The van der Waals surface area contributed by atoms with E-state index in [9.17, 15) is 4.79 Å². The van der Waals surface area contributed by atoms with Crippen LogP contribution in [-0.4, -0.2) is 44.3 Å². The Kier molecular flexibility index (Phi) is 5.77. The van der Waals surface area contributed by atoms with Crippen molar-refractivity contribution in [1.29, 1.82) is 0 Å². The molecule has 0 unspecified atom stereocenters. The van der Waals surface area contributed by atoms with Crippen LogP contribution in [0.2, 0.25) is 0 Å². The SMILES string of the molecule is COc1cc(N)c(NC(=O)/C=C/c2nc3cc(OC)c(OC)cc3[nH]2)cc1OC. The van der Waals surface area contributed by atoms with Crippen molar-refractivity contribution in [2.24, 2.45) is 0 Å². The number of nitrogens with one attached hydrogen (secondary N) is 2. The van der Waals surface area contributed by atoms with Crippen LogP contribution in [0.5, 0.6) is 23.0 Å². The zero-order valence-corrected chi connectivity index (χ0v) is 16.5. The molecule has 3 rings (SSSR count). The van der Waals surface area contributed by atoms with E-state index < -0.39 is 0 Å². The second-order valence-corrected chi connectivity index (χ2v) is 5.96. The van der Waals surface area contributed by atoms with Gasteiger partial charge in [-0.05, 0) is 6.08 Å². The smallest absolute Gasteiger partial charge is 0.248 e. The lowest BCUT2D eigenvalue weighted by Crippen LogP contribution is -2.10. The number of imidazole rings is 1. The topological polar surface area (TPSA) is 121 Å². The van der Waals surface area contributed by atoms with E-state index in [-0.39, 0.29) is 5.91 Å². The molecule has 0 aliphatic rings. The maximum atomic E-state index is 12.3. The van der Waals surface area contributed by atoms with Gasteiger partial charge in [0, 0.05) is 30.3 Å². The molecule has 0 atom stereocenters. The Morgan fingerprint density at radius 3 is 2.21 bits per heavy atom. The minimum Gasteiger partial charge on any atom is -0.493 e. The van der Waals surface area contributed by atoms with E-state index in [4.69, 9.17) is 24.7 Å². The van der Waals surface area contributed by atoms with Crippen LogP contribution in [0.15, 0.2) is 30.3 Å². The average molecular weight is 398 g/mol. The molecule has 1 amide bonds. The first kappa shape index (κ1) is 19.9. The molecule has 1 aromatic heterocycles. The molecule has 0 radical (unpaired) electrons. The van der Waals surface area contributed by atoms with E-state index in [0.717, 1.165) is 5.52 Å². The number of aromatic amines is 1. The number of nitrogens with two attached hydrogens (primary N) is 1. The summed E-state index contributed by atoms with van der Waals surface area (Å²) in [6.45, 7) is 0. The van der Waals surface area contributed by atoms with Crippen LogP contribution >= 0.6 is 0 Å². The summed E-state index contributed by atoms with van der Waals surface area (Å²) in [7, 11) is 6.13. The van der Waals surface area contributed by atoms with Gasteiger partial charge in [-0.15, -0.1) is 0 Å². The first-order valence-electron chi connectivity index (χ1n) is 8.61. The molecular weight excluding hydrogens is 376 g/mol. The molecule has 2 aromatic carbocycles. The van der Waals surface area contributed by atoms with Gasteiger partial charge in [-0.2, -0.15) is 0 Å². The third-order valence-electron chi connectivity index (χ3n) is 4.21. The summed E-state index contributed by atoms with van der Waals surface area (Å²) < 4.78 is 21.0. The summed E-state index contributed by atoms with van der Waals surface area (Å²) in [5.41, 5.74) is 8.18. The summed E-state index contributed by atoms with van der Waals surface area (Å²) in [6, 6.07) is 6.72. The van der Waals surface area contributed by atoms with Gasteiger partial charge in [0.05, 0.1) is 50.8 Å². The van der Waals surface area contributed by atoms with Gasteiger partial charge in [0.1, 0.15) is 5.82 Å². The van der Waals surface area contributed by atoms with Crippen LogP contribution in [0.4, 0.5) is 11.4 Å². The fourth-order valence-corrected chi connectivity index (χ4v) is 2.77. The number of anilines is 2. The van der Waals surface area contributed by atoms with E-state index in [2.05, 4.69) is 15.3 Å². The van der Waals surface area contributed by atoms with E-state index >= 15 is 0 Å². The lowest BCUT2D eigenvalue weighted by molar-refractivity contribution is -0.111. The molecule has 9 heteroatoms. The van der Waals surface area contributed by atoms with Gasteiger partial charge in [-0.25, -0.2) is 4.98 Å². The highest BCUT2D eigenvalue weighted by atomic mass is 16.5. The number of nitrogens with zero attached hydrogens (tertiary/aromatic N) is 1. The third-order valence-corrected chi connectivity index (χ3v) is 4.21. The summed E-state index contributed by atoms with van der Waals surface area (Å²) in [5, 5.41) is 2.71. The number of aromatic nitrogens is 2. The zero-order valence-electron chi connectivity index (χ0n) is 16.5. The number of H-pyrrole nitrogens is 1. The number of amides is 1. The van der Waals surface area contributed by atoms with Gasteiger partial charge in [0.25, 0.3) is 0 Å². The van der Waals surface area contributed by atoms with Gasteiger partial charge in [0.2, 0.25) is 5.91 Å². The number of rotatable bonds is 7. The lowest BCUT2D eigenvalue weighted by Gasteiger charge is -2.12. The Balaban J connectivity index is 1.79. The highest BCUT2D eigenvalue weighted by molar-refractivity contribution is 6.03. The molecule has 3 aromatic rings. The van der Waals surface area contributed by atoms with Gasteiger partial charge < -0.3 is 35.0 Å². The molecule has 0 saturated heterocycles. The fourth-order valence-electron chi connectivity index (χ4n) is 2.77. The number of carbonyl (C=O) groups is 1. The monoisotopic (exact) mass is 398 g/mol. The number of carbonyl (C=O) groups excluding carboxylic acids is 1. The first-order valence-corrected chi connectivity index (χ1v) is 8.61. The second-order valence-electron chi connectivity index (χ2n) is 5.96. The highest BCUT2D eigenvalue weighted by Gasteiger charge is 2.11. The number of hydrogen-bond acceptors (Lipinski definition) is 7. The number of benzene rings is 2. The quantitative estimate of drug-likeness (QED) is 0.413. The summed E-state index contributed by atoms with van der Waals surface area (Å²) in [4.78, 5) is 19.8. The molecule has 0 bridgehead atoms. The minimum atomic E-state index is -0.375. The molecule has 0 spiro atoms. The van der Waals surface area contributed by atoms with E-state index in [0.29, 0.717) is 45.7 Å². The van der Waals surface area contributed by atoms with Crippen molar-refractivity contribution in [2.45, 2.75) is 0 Å². The van der Waals surface area contributed by atoms with Gasteiger partial charge in [-0.1, -0.05) is 0 Å². The number of fused-ring (bicyclic) bond motifs is 1. The largest absolute Gasteiger partial charge is 0.493 e. The average Bonchev–Trinajstić information content (AvgIpc) is 3.13. The van der Waals surface area contributed by atoms with Crippen molar-refractivity contribution in [1.82, 2.24) is 9.97 Å². The molecule has 29 heavy (non-hydrogen) atoms. The van der Waals surface area contributed by atoms with Crippen molar-refractivity contribution in [3.8, 4) is 23.0 Å². The van der Waals surface area contributed by atoms with Crippen molar-refractivity contribution < 1.29 is 23.7 Å². The summed E-state index contributed by atoms with van der Waals surface area (Å²) >= 11 is 0. The third kappa shape index (κ3) is 4.18. The fraction of sp³-hybridized carbons (Fsp3) is 0.200. The van der Waals surface area contributed by atoms with Gasteiger partial charge >= 0.3 is 0 Å². The van der Waals surface area contributed by atoms with Crippen LogP contribution in [0.3, 0.4) is 0 Å². The molecule has 0 aliphatic carbocycles. The molecule has 1 heterocycles. The molecular formula is C20H22N4O5. The predicted molar refractivity (Wildman–Crippen MR) is 111 cm³/mol. The van der Waals surface area contributed by atoms with Crippen molar-refractivity contribution in [3.05, 3.63) is 36.2 Å². The van der Waals surface area contributed by atoms with Crippen LogP contribution in [0, 0.1) is 0 Å². The normalized spacial score (nSPS) is 10.9. The number of nitrogen functional groups attached to an aromatic ring is 1. The minimum absolute atomic E-state index is 0.354. The number of ether oxygens (including phenoxy) is 4. The maximum absolute atomic E-state index is 12.3. The first-order chi connectivity index (χ1) is 14.0. The molecule has 9 nitrogen and oxygen atoms in total. The Morgan fingerprint density at radius 2 is 1.55 bits per heavy atom. The predicted octanol–water partition coefficient (Wildman–Crippen LogP) is 2.83. The Bertz CT molecular complexity index is 1030. The summed E-state index contributed by atoms with van der Waals surface area (Å²) in [6.07, 6.45) is 2.91. The summed E-state index contributed by atoms with van der Waals surface area (Å²) in [5.74, 6) is 2.22. The molecule has 0 aliphatic heterocycles. The lowest BCUT2D eigenvalue weighted by atomic mass is 10.2. The molecule has 0 saturated carbocycles. The van der Waals surface area contributed by atoms with E-state index in [1.807, 2.05) is 0 Å². The van der Waals surface area contributed by atoms with Crippen molar-refractivity contribution in [3.63, 3.8) is 0 Å². The molecule has 4 N–H and O–H groups in total. The van der Waals surface area contributed by atoms with E-state index in [1.54, 1.807) is 44.6 Å². The van der Waals surface area contributed by atoms with Crippen molar-refractivity contribution in [2.75, 3.05) is 39.5 Å². The number of hydrogen-bond donors (Lipinski definition) is 3. The standard InChI is InChI=1S/C20H22N4O5/c1-26-15-7-11(21)12(8-16(15)27-2)24-20(25)6-5-19-22-13-9-17(28-3)18(29-4)10-14(13)23-19/h5-10H,21H2,1-4H3,(H,22,23)(H,24,25)/b6-5+. The van der Waals surface area contributed by atoms with Crippen LogP contribution < -0.4 is 30.0 Å². The van der Waals surface area contributed by atoms with Crippen LogP contribution in [0.1, 0.15) is 5.82 Å². The van der Waals surface area contributed by atoms with Gasteiger partial charge in [-0.3, -0.25) is 4.79 Å². The van der Waals surface area contributed by atoms with E-state index in [1.165, 1.54) is 20.3 Å². The second kappa shape index (κ2) is 8.42. The van der Waals surface area contributed by atoms with Crippen LogP contribution in [0.25, 0.3) is 17.1 Å².